The van der Waals surface area contributed by atoms with Gasteiger partial charge >= 0.3 is 0 Å². The van der Waals surface area contributed by atoms with Crippen molar-refractivity contribution < 1.29 is 23.7 Å². The van der Waals surface area contributed by atoms with Crippen LogP contribution < -0.4 is 4.74 Å². The summed E-state index contributed by atoms with van der Waals surface area (Å²) in [6.07, 6.45) is 12.1. The average molecular weight is 653 g/mol. The van der Waals surface area contributed by atoms with E-state index in [1.807, 2.05) is 0 Å². The lowest BCUT2D eigenvalue weighted by atomic mass is 9.86. The van der Waals surface area contributed by atoms with E-state index in [0.717, 1.165) is 95.2 Å². The minimum atomic E-state index is -0.262. The van der Waals surface area contributed by atoms with Crippen molar-refractivity contribution in [2.45, 2.75) is 152 Å². The fourth-order valence-corrected chi connectivity index (χ4v) is 8.77. The van der Waals surface area contributed by atoms with Gasteiger partial charge in [0, 0.05) is 35.5 Å². The van der Waals surface area contributed by atoms with Crippen LogP contribution in [-0.2, 0) is 38.2 Å². The Hall–Kier alpha value is -1.57. The predicted octanol–water partition coefficient (Wildman–Crippen LogP) is 9.80. The van der Waals surface area contributed by atoms with Crippen LogP contribution in [0.3, 0.4) is 0 Å². The van der Waals surface area contributed by atoms with Gasteiger partial charge in [0.1, 0.15) is 30.2 Å². The molecular formula is C40H60O5S. The molecule has 0 spiro atoms. The zero-order valence-electron chi connectivity index (χ0n) is 29.3. The van der Waals surface area contributed by atoms with Gasteiger partial charge in [-0.1, -0.05) is 78.5 Å². The Morgan fingerprint density at radius 2 is 1.41 bits per heavy atom. The number of ether oxygens (including phenoxy) is 5. The van der Waals surface area contributed by atoms with E-state index in [4.69, 9.17) is 23.7 Å². The van der Waals surface area contributed by atoms with Gasteiger partial charge in [-0.05, 0) is 91.7 Å². The number of thioether (sulfide) groups is 1. The van der Waals surface area contributed by atoms with Gasteiger partial charge in [0.05, 0.1) is 13.2 Å². The van der Waals surface area contributed by atoms with Gasteiger partial charge in [-0.15, -0.1) is 11.8 Å². The van der Waals surface area contributed by atoms with Crippen molar-refractivity contribution in [1.82, 2.24) is 0 Å². The third-order valence-electron chi connectivity index (χ3n) is 10.1. The lowest BCUT2D eigenvalue weighted by Gasteiger charge is -2.43. The van der Waals surface area contributed by atoms with Crippen LogP contribution in [0.15, 0.2) is 35.2 Å². The number of unbranched alkanes of at least 4 members (excludes halogenated alkanes) is 4. The van der Waals surface area contributed by atoms with E-state index in [1.54, 1.807) is 0 Å². The second kappa shape index (κ2) is 18.3. The van der Waals surface area contributed by atoms with Gasteiger partial charge in [0.2, 0.25) is 0 Å². The van der Waals surface area contributed by atoms with E-state index in [1.165, 1.54) is 33.6 Å². The standard InChI is InChI=1S/C40H60O5S/c1-6-10-21-41-34-27-45-38(40(44-24-13-9-4)39(34)43-23-12-8-3)33-25-29(26-36-28(5)30-17-14-15-20-35(30)46-36)31-18-16-19-32(31)37(33)42-22-11-7-2/h14-15,17,20,25,28,34,36,38-40H,6-13,16,18-19,21-24,26-27H2,1-5H3/t28?,34-,36?,38+,39+,40?/m1/s1. The Labute approximate surface area is 283 Å². The molecule has 0 N–H and O–H groups in total. The molecule has 0 radical (unpaired) electrons. The second-order valence-electron chi connectivity index (χ2n) is 13.5. The molecule has 5 rings (SSSR count). The summed E-state index contributed by atoms with van der Waals surface area (Å²) in [4.78, 5) is 1.44. The van der Waals surface area contributed by atoms with Crippen LogP contribution in [0.2, 0.25) is 0 Å². The van der Waals surface area contributed by atoms with Crippen LogP contribution in [0.25, 0.3) is 0 Å². The monoisotopic (exact) mass is 652 g/mol. The minimum absolute atomic E-state index is 0.140. The molecule has 2 aromatic rings. The van der Waals surface area contributed by atoms with Crippen molar-refractivity contribution >= 4 is 11.8 Å². The van der Waals surface area contributed by atoms with Crippen LogP contribution in [-0.4, -0.2) is 56.6 Å². The van der Waals surface area contributed by atoms with Crippen molar-refractivity contribution in [3.8, 4) is 5.75 Å². The normalized spacial score (nSPS) is 25.5. The third-order valence-corrected chi connectivity index (χ3v) is 11.6. The highest BCUT2D eigenvalue weighted by molar-refractivity contribution is 8.00. The first-order chi connectivity index (χ1) is 22.6. The molecule has 0 amide bonds. The molecule has 46 heavy (non-hydrogen) atoms. The molecule has 3 aliphatic rings. The van der Waals surface area contributed by atoms with Gasteiger partial charge < -0.3 is 23.7 Å². The van der Waals surface area contributed by atoms with Gasteiger partial charge in [-0.2, -0.15) is 0 Å². The van der Waals surface area contributed by atoms with Crippen LogP contribution >= 0.6 is 11.8 Å². The number of hydrogen-bond donors (Lipinski definition) is 0. The molecule has 2 aliphatic heterocycles. The van der Waals surface area contributed by atoms with Crippen molar-refractivity contribution in [1.29, 1.82) is 0 Å². The summed E-state index contributed by atoms with van der Waals surface area (Å²) < 4.78 is 33.6. The molecule has 0 aromatic heterocycles. The average Bonchev–Trinajstić information content (AvgIpc) is 3.68. The zero-order chi connectivity index (χ0) is 32.3. The first-order valence-corrected chi connectivity index (χ1v) is 19.5. The largest absolute Gasteiger partial charge is 0.493 e. The van der Waals surface area contributed by atoms with E-state index in [0.29, 0.717) is 31.0 Å². The van der Waals surface area contributed by atoms with E-state index in [2.05, 4.69) is 76.7 Å². The summed E-state index contributed by atoms with van der Waals surface area (Å²) in [5.74, 6) is 1.59. The lowest BCUT2D eigenvalue weighted by molar-refractivity contribution is -0.233. The first kappa shape index (κ1) is 35.7. The predicted molar refractivity (Wildman–Crippen MR) is 190 cm³/mol. The number of hydrogen-bond acceptors (Lipinski definition) is 6. The third kappa shape index (κ3) is 8.52. The Balaban J connectivity index is 1.52. The number of fused-ring (bicyclic) bond motifs is 2. The molecular weight excluding hydrogens is 593 g/mol. The number of benzene rings is 2. The fourth-order valence-electron chi connectivity index (χ4n) is 7.28. The van der Waals surface area contributed by atoms with Crippen molar-refractivity contribution in [3.05, 3.63) is 58.1 Å². The van der Waals surface area contributed by atoms with E-state index in [-0.39, 0.29) is 24.4 Å². The summed E-state index contributed by atoms with van der Waals surface area (Å²) in [6.45, 7) is 14.6. The maximum atomic E-state index is 6.88. The molecule has 256 valence electrons. The quantitative estimate of drug-likeness (QED) is 0.141. The molecule has 5 nitrogen and oxygen atoms in total. The van der Waals surface area contributed by atoms with E-state index >= 15 is 0 Å². The van der Waals surface area contributed by atoms with Gasteiger partial charge in [-0.25, -0.2) is 0 Å². The zero-order valence-corrected chi connectivity index (χ0v) is 30.1. The fraction of sp³-hybridized carbons (Fsp3) is 0.700. The molecule has 0 bridgehead atoms. The van der Waals surface area contributed by atoms with Crippen LogP contribution in [0.1, 0.15) is 132 Å². The molecule has 1 fully saturated rings. The summed E-state index contributed by atoms with van der Waals surface area (Å²) in [6, 6.07) is 11.4. The summed E-state index contributed by atoms with van der Waals surface area (Å²) in [5.41, 5.74) is 7.07. The maximum Gasteiger partial charge on any atom is 0.128 e. The first-order valence-electron chi connectivity index (χ1n) is 18.6. The molecule has 2 heterocycles. The van der Waals surface area contributed by atoms with Crippen molar-refractivity contribution in [2.24, 2.45) is 0 Å². The Morgan fingerprint density at radius 3 is 2.13 bits per heavy atom. The molecule has 6 heteroatoms. The van der Waals surface area contributed by atoms with Gasteiger partial charge in [0.15, 0.2) is 0 Å². The Kier molecular flexibility index (Phi) is 14.2. The van der Waals surface area contributed by atoms with E-state index in [9.17, 15) is 0 Å². The molecule has 6 atom stereocenters. The van der Waals surface area contributed by atoms with Crippen LogP contribution in [0.5, 0.6) is 5.75 Å². The molecule has 2 aromatic carbocycles. The van der Waals surface area contributed by atoms with Crippen LogP contribution in [0, 0.1) is 0 Å². The topological polar surface area (TPSA) is 46.2 Å². The number of rotatable bonds is 19. The van der Waals surface area contributed by atoms with Gasteiger partial charge in [-0.3, -0.25) is 0 Å². The highest BCUT2D eigenvalue weighted by Gasteiger charge is 2.45. The molecule has 3 unspecified atom stereocenters. The van der Waals surface area contributed by atoms with E-state index < -0.39 is 0 Å². The minimum Gasteiger partial charge on any atom is -0.493 e. The Bertz CT molecular complexity index is 1220. The summed E-state index contributed by atoms with van der Waals surface area (Å²) >= 11 is 2.06. The smallest absolute Gasteiger partial charge is 0.128 e. The van der Waals surface area contributed by atoms with Crippen molar-refractivity contribution in [3.63, 3.8) is 0 Å². The molecule has 1 saturated heterocycles. The summed E-state index contributed by atoms with van der Waals surface area (Å²) in [5, 5.41) is 0.521. The van der Waals surface area contributed by atoms with Crippen LogP contribution in [0.4, 0.5) is 0 Å². The summed E-state index contributed by atoms with van der Waals surface area (Å²) in [7, 11) is 0. The lowest BCUT2D eigenvalue weighted by Crippen LogP contribution is -2.53. The highest BCUT2D eigenvalue weighted by Crippen LogP contribution is 2.49. The molecule has 1 aliphatic carbocycles. The Morgan fingerprint density at radius 1 is 0.761 bits per heavy atom. The second-order valence-corrected chi connectivity index (χ2v) is 14.8. The SMILES string of the molecule is CCCCOc1c([C@@H]2OC[C@@H](OCCCC)[C@H](OCCCC)C2OCCCC)cc(CC2Sc3ccccc3C2C)c2c1CCC2. The molecule has 0 saturated carbocycles. The van der Waals surface area contributed by atoms with Crippen molar-refractivity contribution in [2.75, 3.05) is 33.0 Å². The maximum absolute atomic E-state index is 6.88. The van der Waals surface area contributed by atoms with Gasteiger partial charge in [0.25, 0.3) is 0 Å². The highest BCUT2D eigenvalue weighted by atomic mass is 32.2.